The molecule has 0 spiro atoms. The molecule has 2 bridgehead atoms. The second-order valence-electron chi connectivity index (χ2n) is 12.9. The average Bonchev–Trinajstić information content (AvgIpc) is 3.85. The molecule has 254 valence electrons. The van der Waals surface area contributed by atoms with E-state index < -0.39 is 17.7 Å². The molecule has 13 heteroatoms. The third kappa shape index (κ3) is 6.41. The quantitative estimate of drug-likeness (QED) is 0.280. The number of anilines is 5. The number of rotatable bonds is 10. The van der Waals surface area contributed by atoms with E-state index in [0.717, 1.165) is 50.8 Å². The number of ether oxygens (including phenoxy) is 1. The first-order valence-electron chi connectivity index (χ1n) is 16.7. The van der Waals surface area contributed by atoms with Gasteiger partial charge in [0.15, 0.2) is 5.82 Å². The number of benzene rings is 2. The van der Waals surface area contributed by atoms with Crippen LogP contribution in [0.1, 0.15) is 44.2 Å². The molecule has 0 saturated carbocycles. The van der Waals surface area contributed by atoms with Gasteiger partial charge < -0.3 is 20.3 Å². The van der Waals surface area contributed by atoms with Crippen LogP contribution in [0.25, 0.3) is 0 Å². The second-order valence-corrected chi connectivity index (χ2v) is 12.9. The minimum Gasteiger partial charge on any atom is -0.494 e. The van der Waals surface area contributed by atoms with Crippen molar-refractivity contribution >= 4 is 34.6 Å². The number of amides is 1. The fourth-order valence-electron chi connectivity index (χ4n) is 7.87. The number of piperidine rings is 1. The maximum Gasteiger partial charge on any atom is 0.247 e. The average molecular weight is 661 g/mol. The van der Waals surface area contributed by atoms with Gasteiger partial charge in [0, 0.05) is 68.9 Å². The van der Waals surface area contributed by atoms with Gasteiger partial charge >= 0.3 is 0 Å². The summed E-state index contributed by atoms with van der Waals surface area (Å²) in [6.45, 7) is 11.5. The normalized spacial score (nSPS) is 23.1. The van der Waals surface area contributed by atoms with E-state index in [1.54, 1.807) is 18.2 Å². The molecular weight excluding hydrogens is 618 g/mol. The molecule has 4 saturated heterocycles. The molecule has 7 rings (SSSR count). The lowest BCUT2D eigenvalue weighted by Gasteiger charge is -2.43. The molecule has 0 unspecified atom stereocenters. The number of likely N-dealkylation sites (tertiary alicyclic amines) is 2. The van der Waals surface area contributed by atoms with Crippen LogP contribution < -0.4 is 25.3 Å². The second kappa shape index (κ2) is 13.7. The van der Waals surface area contributed by atoms with Gasteiger partial charge in [0.2, 0.25) is 5.91 Å². The molecule has 4 fully saturated rings. The van der Waals surface area contributed by atoms with E-state index in [0.29, 0.717) is 65.5 Å². The zero-order chi connectivity index (χ0) is 33.4. The summed E-state index contributed by atoms with van der Waals surface area (Å²) in [4.78, 5) is 34.9. The zero-order valence-electron chi connectivity index (χ0n) is 27.4. The predicted molar refractivity (Wildman–Crippen MR) is 181 cm³/mol. The van der Waals surface area contributed by atoms with Gasteiger partial charge in [-0.15, -0.1) is 0 Å². The molecule has 4 aliphatic rings. The van der Waals surface area contributed by atoms with Crippen molar-refractivity contribution in [2.45, 2.75) is 56.8 Å². The fourth-order valence-corrected chi connectivity index (χ4v) is 7.87. The summed E-state index contributed by atoms with van der Waals surface area (Å²) in [6, 6.07) is 10.4. The monoisotopic (exact) mass is 660 g/mol. The first kappa shape index (κ1) is 32.2. The standard InChI is InChI=1S/C35H42F2N8O3/c1-4-35(46)41-28-16-29(40-33-18-34(39-21-38-33)45-30(8-11-48-45)22-12-23(36)14-24(37)13-22)32(47-3)17-31(28)43-9-6-25(7-10-43)44-20-26-15-27(44)19-42(26)5-2/h4,12-14,16-18,21,25-27,30H,1,5-11,15,19-20H2,2-3H3,(H,41,46)(H,38,39,40)/t26-,27-,30-/m1/s1. The number of hydrogen-bond donors (Lipinski definition) is 2. The van der Waals surface area contributed by atoms with E-state index in [9.17, 15) is 13.6 Å². The van der Waals surface area contributed by atoms with E-state index in [4.69, 9.17) is 9.57 Å². The summed E-state index contributed by atoms with van der Waals surface area (Å²) in [6.07, 6.45) is 6.56. The molecule has 0 aliphatic carbocycles. The molecule has 1 aromatic heterocycles. The number of nitrogens with one attached hydrogen (secondary N) is 2. The van der Waals surface area contributed by atoms with Crippen LogP contribution in [0, 0.1) is 11.6 Å². The van der Waals surface area contributed by atoms with Gasteiger partial charge in [0.05, 0.1) is 36.8 Å². The SMILES string of the molecule is C=CC(=O)Nc1cc(Nc2cc(N3OCC[C@@H]3c3cc(F)cc(F)c3)ncn2)c(OC)cc1N1CCC(N2C[C@H]3C[C@@H]2CN3CC)CC1. The number of hydrogen-bond acceptors (Lipinski definition) is 10. The maximum absolute atomic E-state index is 14.0. The van der Waals surface area contributed by atoms with Crippen LogP contribution in [0.15, 0.2) is 55.4 Å². The number of hydroxylamine groups is 1. The largest absolute Gasteiger partial charge is 0.494 e. The number of carbonyl (C=O) groups is 1. The third-order valence-corrected chi connectivity index (χ3v) is 10.2. The number of piperazine rings is 1. The highest BCUT2D eigenvalue weighted by Crippen LogP contribution is 2.42. The molecule has 48 heavy (non-hydrogen) atoms. The Morgan fingerprint density at radius 3 is 2.50 bits per heavy atom. The summed E-state index contributed by atoms with van der Waals surface area (Å²) in [5.74, 6) is -0.177. The number of likely N-dealkylation sites (N-methyl/N-ethyl adjacent to an activating group) is 1. The molecule has 4 aliphatic heterocycles. The number of nitrogens with zero attached hydrogens (tertiary/aromatic N) is 6. The highest BCUT2D eigenvalue weighted by Gasteiger charge is 2.45. The van der Waals surface area contributed by atoms with E-state index in [-0.39, 0.29) is 5.91 Å². The number of aromatic nitrogens is 2. The molecule has 3 aromatic rings. The van der Waals surface area contributed by atoms with Gasteiger partial charge in [-0.1, -0.05) is 13.5 Å². The van der Waals surface area contributed by atoms with Gasteiger partial charge in [-0.25, -0.2) is 23.8 Å². The van der Waals surface area contributed by atoms with Crippen LogP contribution in [-0.2, 0) is 9.63 Å². The molecule has 2 N–H and O–H groups in total. The molecule has 11 nitrogen and oxygen atoms in total. The van der Waals surface area contributed by atoms with E-state index >= 15 is 0 Å². The van der Waals surface area contributed by atoms with Crippen molar-refractivity contribution in [3.63, 3.8) is 0 Å². The molecule has 0 radical (unpaired) electrons. The predicted octanol–water partition coefficient (Wildman–Crippen LogP) is 5.26. The highest BCUT2D eigenvalue weighted by atomic mass is 19.1. The Labute approximate surface area is 279 Å². The van der Waals surface area contributed by atoms with E-state index in [1.807, 2.05) is 12.1 Å². The summed E-state index contributed by atoms with van der Waals surface area (Å²) < 4.78 is 33.9. The van der Waals surface area contributed by atoms with Gasteiger partial charge in [0.25, 0.3) is 0 Å². The van der Waals surface area contributed by atoms with E-state index in [1.165, 1.54) is 37.5 Å². The minimum absolute atomic E-state index is 0.314. The number of fused-ring (bicyclic) bond motifs is 2. The molecule has 3 atom stereocenters. The topological polar surface area (TPSA) is 98.3 Å². The lowest BCUT2D eigenvalue weighted by Crippen LogP contribution is -2.53. The van der Waals surface area contributed by atoms with Crippen LogP contribution >= 0.6 is 0 Å². The summed E-state index contributed by atoms with van der Waals surface area (Å²) in [5.41, 5.74) is 2.55. The first-order valence-corrected chi connectivity index (χ1v) is 16.7. The summed E-state index contributed by atoms with van der Waals surface area (Å²) in [7, 11) is 1.60. The first-order chi connectivity index (χ1) is 23.3. The third-order valence-electron chi connectivity index (χ3n) is 10.2. The number of carbonyl (C=O) groups excluding carboxylic acids is 1. The van der Waals surface area contributed by atoms with Crippen molar-refractivity contribution in [1.82, 2.24) is 19.8 Å². The Morgan fingerprint density at radius 2 is 1.81 bits per heavy atom. The maximum atomic E-state index is 14.0. The molecular formula is C35H42F2N8O3. The molecule has 5 heterocycles. The van der Waals surface area contributed by atoms with E-state index in [2.05, 4.69) is 48.8 Å². The molecule has 1 amide bonds. The van der Waals surface area contributed by atoms with Crippen molar-refractivity contribution in [3.05, 3.63) is 72.6 Å². The van der Waals surface area contributed by atoms with Gasteiger partial charge in [-0.05, 0) is 55.6 Å². The Hall–Kier alpha value is -4.33. The van der Waals surface area contributed by atoms with Gasteiger partial charge in [0.1, 0.15) is 29.5 Å². The Bertz CT molecular complexity index is 1650. The highest BCUT2D eigenvalue weighted by molar-refractivity contribution is 6.02. The smallest absolute Gasteiger partial charge is 0.247 e. The Balaban J connectivity index is 1.10. The Kier molecular flexibility index (Phi) is 9.17. The van der Waals surface area contributed by atoms with Crippen LogP contribution in [-0.4, -0.2) is 90.2 Å². The number of halogens is 2. The zero-order valence-corrected chi connectivity index (χ0v) is 27.4. The Morgan fingerprint density at radius 1 is 1.02 bits per heavy atom. The minimum atomic E-state index is -0.650. The van der Waals surface area contributed by atoms with Crippen LogP contribution in [0.5, 0.6) is 5.75 Å². The summed E-state index contributed by atoms with van der Waals surface area (Å²) >= 11 is 0. The fraction of sp³-hybridized carbons (Fsp3) is 0.457. The van der Waals surface area contributed by atoms with Crippen LogP contribution in [0.4, 0.5) is 37.5 Å². The van der Waals surface area contributed by atoms with Crippen molar-refractivity contribution in [1.29, 1.82) is 0 Å². The van der Waals surface area contributed by atoms with Crippen molar-refractivity contribution < 1.29 is 23.1 Å². The summed E-state index contributed by atoms with van der Waals surface area (Å²) in [5, 5.41) is 7.85. The van der Waals surface area contributed by atoms with Crippen LogP contribution in [0.2, 0.25) is 0 Å². The number of methoxy groups -OCH3 is 1. The lowest BCUT2D eigenvalue weighted by atomic mass is 10.0. The molecule has 2 aromatic carbocycles. The van der Waals surface area contributed by atoms with Crippen LogP contribution in [0.3, 0.4) is 0 Å². The van der Waals surface area contributed by atoms with Crippen molar-refractivity contribution in [3.8, 4) is 5.75 Å². The van der Waals surface area contributed by atoms with Crippen molar-refractivity contribution in [2.24, 2.45) is 0 Å². The van der Waals surface area contributed by atoms with Crippen molar-refractivity contribution in [2.75, 3.05) is 67.0 Å². The van der Waals surface area contributed by atoms with Gasteiger partial charge in [-0.2, -0.15) is 0 Å². The lowest BCUT2D eigenvalue weighted by molar-refractivity contribution is -0.111. The van der Waals surface area contributed by atoms with Gasteiger partial charge in [-0.3, -0.25) is 19.4 Å².